The number of carbonyl (C=O) groups excluding carboxylic acids is 1. The van der Waals surface area contributed by atoms with Crippen LogP contribution in [0, 0.1) is 0 Å². The van der Waals surface area contributed by atoms with Crippen molar-refractivity contribution < 1.29 is 13.6 Å². The molecule has 7 heteroatoms. The lowest BCUT2D eigenvalue weighted by Crippen LogP contribution is -2.07. The lowest BCUT2D eigenvalue weighted by Gasteiger charge is -2.02. The van der Waals surface area contributed by atoms with Crippen LogP contribution in [0.3, 0.4) is 0 Å². The Morgan fingerprint density at radius 1 is 0.941 bits per heavy atom. The summed E-state index contributed by atoms with van der Waals surface area (Å²) >= 11 is 12.3. The van der Waals surface area contributed by atoms with E-state index in [0.29, 0.717) is 56.2 Å². The van der Waals surface area contributed by atoms with Crippen molar-refractivity contribution in [2.75, 3.05) is 5.32 Å². The summed E-state index contributed by atoms with van der Waals surface area (Å²) in [6.45, 7) is 0. The number of amides is 1. The van der Waals surface area contributed by atoms with Gasteiger partial charge in [-0.25, -0.2) is 4.98 Å². The van der Waals surface area contributed by atoms with Gasteiger partial charge in [-0.05, 0) is 54.1 Å². The van der Waals surface area contributed by atoms with E-state index in [1.807, 2.05) is 36.4 Å². The Kier molecular flexibility index (Phi) is 6.21. The highest BCUT2D eigenvalue weighted by molar-refractivity contribution is 6.43. The molecule has 5 nitrogen and oxygen atoms in total. The summed E-state index contributed by atoms with van der Waals surface area (Å²) in [7, 11) is 0. The molecule has 1 N–H and O–H groups in total. The third-order valence-electron chi connectivity index (χ3n) is 5.14. The number of rotatable bonds is 6. The molecule has 0 aliphatic heterocycles. The van der Waals surface area contributed by atoms with E-state index in [1.165, 1.54) is 6.08 Å². The maximum Gasteiger partial charge on any atom is 0.248 e. The minimum atomic E-state index is -0.300. The van der Waals surface area contributed by atoms with Gasteiger partial charge in [0.25, 0.3) is 0 Å². The molecule has 2 aromatic heterocycles. The van der Waals surface area contributed by atoms with Crippen LogP contribution < -0.4 is 5.32 Å². The van der Waals surface area contributed by atoms with Crippen LogP contribution in [0.2, 0.25) is 10.0 Å². The van der Waals surface area contributed by atoms with Crippen molar-refractivity contribution in [1.29, 1.82) is 0 Å². The molecule has 5 rings (SSSR count). The number of furan rings is 1. The largest absolute Gasteiger partial charge is 0.457 e. The molecule has 0 unspecified atom stereocenters. The topological polar surface area (TPSA) is 68.3 Å². The van der Waals surface area contributed by atoms with E-state index in [-0.39, 0.29) is 5.91 Å². The minimum Gasteiger partial charge on any atom is -0.457 e. The fourth-order valence-corrected chi connectivity index (χ4v) is 3.92. The van der Waals surface area contributed by atoms with Gasteiger partial charge in [0.1, 0.15) is 17.0 Å². The Morgan fingerprint density at radius 2 is 1.79 bits per heavy atom. The molecule has 0 radical (unpaired) electrons. The first kappa shape index (κ1) is 22.0. The summed E-state index contributed by atoms with van der Waals surface area (Å²) in [5, 5.41) is 3.70. The fraction of sp³-hybridized carbons (Fsp3) is 0.0370. The maximum atomic E-state index is 12.4. The number of carbonyl (C=O) groups is 1. The van der Waals surface area contributed by atoms with Crippen LogP contribution in [0.25, 0.3) is 28.5 Å². The minimum absolute atomic E-state index is 0.300. The second-order valence-corrected chi connectivity index (χ2v) is 8.36. The number of halogens is 2. The Hall–Kier alpha value is -3.80. The number of aromatic nitrogens is 1. The third kappa shape index (κ3) is 4.91. The third-order valence-corrected chi connectivity index (χ3v) is 5.96. The molecule has 0 aliphatic rings. The second-order valence-electron chi connectivity index (χ2n) is 7.58. The van der Waals surface area contributed by atoms with E-state index < -0.39 is 0 Å². The SMILES string of the molecule is O=C(/C=C/c1ccc(-c2cccc(Cl)c2Cl)o1)Nc1ccc2oc(Cc3ccccc3)nc2c1. The molecule has 0 aliphatic carbocycles. The Bertz CT molecular complexity index is 1500. The van der Waals surface area contributed by atoms with Gasteiger partial charge in [-0.3, -0.25) is 4.79 Å². The van der Waals surface area contributed by atoms with Crippen molar-refractivity contribution in [3.8, 4) is 11.3 Å². The molecule has 0 spiro atoms. The molecular formula is C27H18Cl2N2O3. The van der Waals surface area contributed by atoms with Gasteiger partial charge in [-0.2, -0.15) is 0 Å². The number of nitrogens with zero attached hydrogens (tertiary/aromatic N) is 1. The number of hydrogen-bond donors (Lipinski definition) is 1. The summed E-state index contributed by atoms with van der Waals surface area (Å²) in [4.78, 5) is 17.0. The van der Waals surface area contributed by atoms with E-state index in [2.05, 4.69) is 10.3 Å². The predicted octanol–water partition coefficient (Wildman–Crippen LogP) is 7.64. The van der Waals surface area contributed by atoms with E-state index in [4.69, 9.17) is 32.0 Å². The molecule has 5 aromatic rings. The molecule has 0 atom stereocenters. The first-order chi connectivity index (χ1) is 16.5. The smallest absolute Gasteiger partial charge is 0.248 e. The average Bonchev–Trinajstić information content (AvgIpc) is 3.46. The van der Waals surface area contributed by atoms with Crippen molar-refractivity contribution in [1.82, 2.24) is 4.98 Å². The normalized spacial score (nSPS) is 11.4. The summed E-state index contributed by atoms with van der Waals surface area (Å²) in [5.74, 6) is 1.40. The molecular weight excluding hydrogens is 471 g/mol. The summed E-state index contributed by atoms with van der Waals surface area (Å²) in [5.41, 5.74) is 3.77. The molecule has 3 aromatic carbocycles. The molecule has 34 heavy (non-hydrogen) atoms. The monoisotopic (exact) mass is 488 g/mol. The van der Waals surface area contributed by atoms with Gasteiger partial charge in [-0.1, -0.05) is 59.6 Å². The van der Waals surface area contributed by atoms with Gasteiger partial charge in [0.05, 0.1) is 10.0 Å². The first-order valence-electron chi connectivity index (χ1n) is 10.5. The van der Waals surface area contributed by atoms with Gasteiger partial charge in [-0.15, -0.1) is 0 Å². The van der Waals surface area contributed by atoms with Crippen LogP contribution in [-0.2, 0) is 11.2 Å². The van der Waals surface area contributed by atoms with Crippen LogP contribution >= 0.6 is 23.2 Å². The highest BCUT2D eigenvalue weighted by Gasteiger charge is 2.11. The van der Waals surface area contributed by atoms with E-state index in [0.717, 1.165) is 5.56 Å². The van der Waals surface area contributed by atoms with Gasteiger partial charge >= 0.3 is 0 Å². The van der Waals surface area contributed by atoms with Crippen LogP contribution in [0.1, 0.15) is 17.2 Å². The summed E-state index contributed by atoms with van der Waals surface area (Å²) < 4.78 is 11.6. The molecule has 0 saturated heterocycles. The standard InChI is InChI=1S/C27H18Cl2N2O3/c28-21-8-4-7-20(27(21)29)23-13-10-19(33-23)11-14-25(32)30-18-9-12-24-22(16-18)31-26(34-24)15-17-5-2-1-3-6-17/h1-14,16H,15H2,(H,30,32)/b14-11+. The lowest BCUT2D eigenvalue weighted by molar-refractivity contribution is -0.111. The van der Waals surface area contributed by atoms with Crippen molar-refractivity contribution >= 4 is 52.0 Å². The zero-order chi connectivity index (χ0) is 23.5. The Balaban J connectivity index is 1.26. The second kappa shape index (κ2) is 9.59. The molecule has 1 amide bonds. The molecule has 2 heterocycles. The highest BCUT2D eigenvalue weighted by Crippen LogP contribution is 2.34. The zero-order valence-corrected chi connectivity index (χ0v) is 19.3. The molecule has 0 fully saturated rings. The van der Waals surface area contributed by atoms with Crippen LogP contribution in [-0.4, -0.2) is 10.9 Å². The number of anilines is 1. The number of benzene rings is 3. The van der Waals surface area contributed by atoms with Gasteiger partial charge in [0, 0.05) is 23.7 Å². The van der Waals surface area contributed by atoms with Crippen LogP contribution in [0.4, 0.5) is 5.69 Å². The van der Waals surface area contributed by atoms with E-state index >= 15 is 0 Å². The fourth-order valence-electron chi connectivity index (χ4n) is 3.52. The average molecular weight is 489 g/mol. The molecule has 0 saturated carbocycles. The van der Waals surface area contributed by atoms with Crippen LogP contribution in [0.15, 0.2) is 93.8 Å². The molecule has 168 valence electrons. The van der Waals surface area contributed by atoms with Gasteiger partial charge in [0.15, 0.2) is 11.5 Å². The Labute approximate surface area is 205 Å². The Morgan fingerprint density at radius 3 is 2.65 bits per heavy atom. The van der Waals surface area contributed by atoms with Crippen molar-refractivity contribution in [2.24, 2.45) is 0 Å². The van der Waals surface area contributed by atoms with Gasteiger partial charge in [0.2, 0.25) is 5.91 Å². The zero-order valence-electron chi connectivity index (χ0n) is 17.8. The summed E-state index contributed by atoms with van der Waals surface area (Å²) in [6, 6.07) is 24.2. The quantitative estimate of drug-likeness (QED) is 0.249. The number of hydrogen-bond acceptors (Lipinski definition) is 4. The maximum absolute atomic E-state index is 12.4. The predicted molar refractivity (Wildman–Crippen MR) is 135 cm³/mol. The highest BCUT2D eigenvalue weighted by atomic mass is 35.5. The number of fused-ring (bicyclic) bond motifs is 1. The van der Waals surface area contributed by atoms with E-state index in [1.54, 1.807) is 48.5 Å². The number of oxazole rings is 1. The van der Waals surface area contributed by atoms with Crippen molar-refractivity contribution in [3.05, 3.63) is 112 Å². The summed E-state index contributed by atoms with van der Waals surface area (Å²) in [6.07, 6.45) is 3.59. The number of nitrogens with one attached hydrogen (secondary N) is 1. The van der Waals surface area contributed by atoms with Crippen molar-refractivity contribution in [3.63, 3.8) is 0 Å². The molecule has 0 bridgehead atoms. The van der Waals surface area contributed by atoms with Crippen LogP contribution in [0.5, 0.6) is 0 Å². The van der Waals surface area contributed by atoms with Crippen molar-refractivity contribution in [2.45, 2.75) is 6.42 Å². The first-order valence-corrected chi connectivity index (χ1v) is 11.3. The van der Waals surface area contributed by atoms with E-state index in [9.17, 15) is 4.79 Å². The van der Waals surface area contributed by atoms with Gasteiger partial charge < -0.3 is 14.2 Å². The lowest BCUT2D eigenvalue weighted by atomic mass is 10.1.